The second-order valence-corrected chi connectivity index (χ2v) is 6.46. The molecule has 2 aliphatic rings. The molecule has 5 nitrogen and oxygen atoms in total. The van der Waals surface area contributed by atoms with Crippen LogP contribution in [0.4, 0.5) is 4.39 Å². The highest BCUT2D eigenvalue weighted by Gasteiger charge is 2.31. The molecule has 0 bridgehead atoms. The molecule has 1 N–H and O–H groups in total. The normalized spacial score (nSPS) is 22.8. The lowest BCUT2D eigenvalue weighted by Gasteiger charge is -2.33. The van der Waals surface area contributed by atoms with E-state index in [1.54, 1.807) is 6.07 Å². The molecule has 1 unspecified atom stereocenters. The van der Waals surface area contributed by atoms with Gasteiger partial charge < -0.3 is 14.7 Å². The maximum Gasteiger partial charge on any atom is 0.239 e. The summed E-state index contributed by atoms with van der Waals surface area (Å²) in [5.74, 6) is 0.181. The molecule has 1 aromatic heterocycles. The summed E-state index contributed by atoms with van der Waals surface area (Å²) in [6.07, 6.45) is 3.77. The molecule has 122 valence electrons. The van der Waals surface area contributed by atoms with Crippen LogP contribution < -0.4 is 5.32 Å². The van der Waals surface area contributed by atoms with Gasteiger partial charge in [0, 0.05) is 30.5 Å². The maximum atomic E-state index is 13.2. The lowest BCUT2D eigenvalue weighted by atomic mass is 9.91. The highest BCUT2D eigenvalue weighted by molar-refractivity contribution is 5.82. The summed E-state index contributed by atoms with van der Waals surface area (Å²) >= 11 is 0. The van der Waals surface area contributed by atoms with Crippen LogP contribution >= 0.6 is 0 Å². The van der Waals surface area contributed by atoms with Gasteiger partial charge in [0.15, 0.2) is 5.58 Å². The van der Waals surface area contributed by atoms with Crippen molar-refractivity contribution < 1.29 is 13.7 Å². The van der Waals surface area contributed by atoms with Crippen molar-refractivity contribution in [2.75, 3.05) is 19.6 Å². The van der Waals surface area contributed by atoms with Gasteiger partial charge in [0.1, 0.15) is 5.82 Å². The third-order valence-corrected chi connectivity index (χ3v) is 5.01. The summed E-state index contributed by atoms with van der Waals surface area (Å²) in [6.45, 7) is 2.43. The molecule has 3 heterocycles. The lowest BCUT2D eigenvalue weighted by molar-refractivity contribution is -0.134. The Kier molecular flexibility index (Phi) is 3.77. The number of rotatable bonds is 2. The van der Waals surface area contributed by atoms with Gasteiger partial charge in [-0.1, -0.05) is 5.16 Å². The van der Waals surface area contributed by atoms with Crippen LogP contribution in [-0.4, -0.2) is 41.6 Å². The van der Waals surface area contributed by atoms with E-state index in [4.69, 9.17) is 4.52 Å². The maximum absolute atomic E-state index is 13.2. The second-order valence-electron chi connectivity index (χ2n) is 6.46. The Labute approximate surface area is 133 Å². The van der Waals surface area contributed by atoms with Crippen molar-refractivity contribution in [1.29, 1.82) is 0 Å². The average Bonchev–Trinajstić information content (AvgIpc) is 3.23. The minimum Gasteiger partial charge on any atom is -0.356 e. The second kappa shape index (κ2) is 5.92. The standard InChI is InChI=1S/C17H20FN3O2/c18-12-3-4-13-15(10-12)23-20-16(13)11-5-8-21(9-6-11)17(22)14-2-1-7-19-14/h3-4,10-11,14,19H,1-2,5-9H2. The number of nitrogens with zero attached hydrogens (tertiary/aromatic N) is 2. The number of hydrogen-bond acceptors (Lipinski definition) is 4. The van der Waals surface area contributed by atoms with Gasteiger partial charge in [0.2, 0.25) is 5.91 Å². The first-order valence-electron chi connectivity index (χ1n) is 8.29. The summed E-state index contributed by atoms with van der Waals surface area (Å²) in [4.78, 5) is 14.4. The van der Waals surface area contributed by atoms with E-state index in [9.17, 15) is 9.18 Å². The van der Waals surface area contributed by atoms with Crippen molar-refractivity contribution in [1.82, 2.24) is 15.4 Å². The van der Waals surface area contributed by atoms with E-state index < -0.39 is 0 Å². The number of fused-ring (bicyclic) bond motifs is 1. The number of carbonyl (C=O) groups excluding carboxylic acids is 1. The fourth-order valence-electron chi connectivity index (χ4n) is 3.71. The number of likely N-dealkylation sites (tertiary alicyclic amines) is 1. The largest absolute Gasteiger partial charge is 0.356 e. The smallest absolute Gasteiger partial charge is 0.239 e. The molecule has 4 rings (SSSR count). The summed E-state index contributed by atoms with van der Waals surface area (Å²) in [7, 11) is 0. The predicted molar refractivity (Wildman–Crippen MR) is 83.5 cm³/mol. The number of benzene rings is 1. The Morgan fingerprint density at radius 2 is 2.13 bits per heavy atom. The van der Waals surface area contributed by atoms with E-state index in [0.717, 1.165) is 56.4 Å². The molecule has 2 saturated heterocycles. The first-order valence-corrected chi connectivity index (χ1v) is 8.29. The number of hydrogen-bond donors (Lipinski definition) is 1. The van der Waals surface area contributed by atoms with Gasteiger partial charge in [-0.25, -0.2) is 4.39 Å². The summed E-state index contributed by atoms with van der Waals surface area (Å²) in [5, 5.41) is 8.30. The van der Waals surface area contributed by atoms with Crippen LogP contribution in [0.2, 0.25) is 0 Å². The van der Waals surface area contributed by atoms with Crippen molar-refractivity contribution in [2.45, 2.75) is 37.6 Å². The van der Waals surface area contributed by atoms with Gasteiger partial charge in [-0.3, -0.25) is 4.79 Å². The molecule has 2 aliphatic heterocycles. The van der Waals surface area contributed by atoms with E-state index in [-0.39, 0.29) is 23.7 Å². The Bertz CT molecular complexity index is 716. The van der Waals surface area contributed by atoms with Gasteiger partial charge in [0.25, 0.3) is 0 Å². The molecule has 23 heavy (non-hydrogen) atoms. The quantitative estimate of drug-likeness (QED) is 0.924. The molecule has 0 aliphatic carbocycles. The van der Waals surface area contributed by atoms with Crippen molar-refractivity contribution in [3.05, 3.63) is 29.7 Å². The summed E-state index contributed by atoms with van der Waals surface area (Å²) < 4.78 is 18.5. The van der Waals surface area contributed by atoms with Crippen LogP contribution in [0.3, 0.4) is 0 Å². The van der Waals surface area contributed by atoms with Crippen molar-refractivity contribution >= 4 is 16.9 Å². The van der Waals surface area contributed by atoms with Gasteiger partial charge in [-0.2, -0.15) is 0 Å². The molecule has 1 amide bonds. The zero-order chi connectivity index (χ0) is 15.8. The number of amides is 1. The molecule has 0 spiro atoms. The Morgan fingerprint density at radius 3 is 2.87 bits per heavy atom. The highest BCUT2D eigenvalue weighted by atomic mass is 19.1. The van der Waals surface area contributed by atoms with Crippen LogP contribution in [0.15, 0.2) is 22.7 Å². The first kappa shape index (κ1) is 14.6. The highest BCUT2D eigenvalue weighted by Crippen LogP contribution is 2.33. The molecule has 0 saturated carbocycles. The third-order valence-electron chi connectivity index (χ3n) is 5.01. The first-order chi connectivity index (χ1) is 11.2. The van der Waals surface area contributed by atoms with Crippen molar-refractivity contribution in [3.63, 3.8) is 0 Å². The third kappa shape index (κ3) is 2.72. The molecule has 6 heteroatoms. The zero-order valence-corrected chi connectivity index (χ0v) is 12.9. The SMILES string of the molecule is O=C(C1CCCN1)N1CCC(c2noc3cc(F)ccc23)CC1. The molecule has 1 atom stereocenters. The van der Waals surface area contributed by atoms with Gasteiger partial charge in [-0.15, -0.1) is 0 Å². The minimum absolute atomic E-state index is 0.00223. The summed E-state index contributed by atoms with van der Waals surface area (Å²) in [5.41, 5.74) is 1.39. The molecule has 2 aromatic rings. The Balaban J connectivity index is 1.45. The topological polar surface area (TPSA) is 58.4 Å². The molecule has 1 aromatic carbocycles. The molecular formula is C17H20FN3O2. The van der Waals surface area contributed by atoms with Crippen LogP contribution in [0.25, 0.3) is 11.0 Å². The van der Waals surface area contributed by atoms with Gasteiger partial charge in [0.05, 0.1) is 11.7 Å². The Morgan fingerprint density at radius 1 is 1.30 bits per heavy atom. The number of aromatic nitrogens is 1. The number of piperidine rings is 1. The predicted octanol–water partition coefficient (Wildman–Crippen LogP) is 2.42. The van der Waals surface area contributed by atoms with E-state index in [1.165, 1.54) is 12.1 Å². The zero-order valence-electron chi connectivity index (χ0n) is 12.9. The lowest BCUT2D eigenvalue weighted by Crippen LogP contribution is -2.46. The number of nitrogens with one attached hydrogen (secondary N) is 1. The van der Waals surface area contributed by atoms with Crippen molar-refractivity contribution in [3.8, 4) is 0 Å². The number of carbonyl (C=O) groups is 1. The molecular weight excluding hydrogens is 297 g/mol. The molecule has 0 radical (unpaired) electrons. The summed E-state index contributed by atoms with van der Waals surface area (Å²) in [6, 6.07) is 4.54. The number of halogens is 1. The van der Waals surface area contributed by atoms with E-state index >= 15 is 0 Å². The van der Waals surface area contributed by atoms with Crippen LogP contribution in [0.1, 0.15) is 37.3 Å². The Hall–Kier alpha value is -1.95. The monoisotopic (exact) mass is 317 g/mol. The van der Waals surface area contributed by atoms with E-state index in [0.29, 0.717) is 5.58 Å². The minimum atomic E-state index is -0.315. The average molecular weight is 317 g/mol. The molecule has 2 fully saturated rings. The fourth-order valence-corrected chi connectivity index (χ4v) is 3.71. The van der Waals surface area contributed by atoms with Crippen LogP contribution in [0.5, 0.6) is 0 Å². The van der Waals surface area contributed by atoms with E-state index in [2.05, 4.69) is 10.5 Å². The van der Waals surface area contributed by atoms with E-state index in [1.807, 2.05) is 4.90 Å². The van der Waals surface area contributed by atoms with Gasteiger partial charge in [-0.05, 0) is 44.4 Å². The van der Waals surface area contributed by atoms with Crippen LogP contribution in [-0.2, 0) is 4.79 Å². The van der Waals surface area contributed by atoms with Gasteiger partial charge >= 0.3 is 0 Å². The fraction of sp³-hybridized carbons (Fsp3) is 0.529. The van der Waals surface area contributed by atoms with Crippen LogP contribution in [0, 0.1) is 5.82 Å². The van der Waals surface area contributed by atoms with Crippen molar-refractivity contribution in [2.24, 2.45) is 0 Å².